The van der Waals surface area contributed by atoms with Gasteiger partial charge in [0.25, 0.3) is 11.6 Å². The van der Waals surface area contributed by atoms with Crippen molar-refractivity contribution in [1.29, 1.82) is 0 Å². The molecule has 0 atom stereocenters. The molecule has 2 aromatic rings. The highest BCUT2D eigenvalue weighted by Gasteiger charge is 2.17. The number of nitro benzene ring substituents is 1. The molecule has 8 heteroatoms. The van der Waals surface area contributed by atoms with E-state index < -0.39 is 10.8 Å². The fourth-order valence-corrected chi connectivity index (χ4v) is 1.66. The normalized spacial score (nSPS) is 10.1. The smallest absolute Gasteiger partial charge is 0.270 e. The topological polar surface area (TPSA) is 110 Å². The summed E-state index contributed by atoms with van der Waals surface area (Å²) in [5.74, 6) is 0.292. The number of rotatable bonds is 4. The van der Waals surface area contributed by atoms with Gasteiger partial charge in [-0.1, -0.05) is 5.16 Å². The van der Waals surface area contributed by atoms with Crippen molar-refractivity contribution in [3.8, 4) is 0 Å². The first-order chi connectivity index (χ1) is 9.51. The van der Waals surface area contributed by atoms with Crippen LogP contribution in [-0.2, 0) is 0 Å². The minimum Gasteiger partial charge on any atom is -0.387 e. The molecule has 1 aromatic heterocycles. The van der Waals surface area contributed by atoms with Crippen molar-refractivity contribution in [2.24, 2.45) is 0 Å². The van der Waals surface area contributed by atoms with Gasteiger partial charge in [0.15, 0.2) is 5.82 Å². The summed E-state index contributed by atoms with van der Waals surface area (Å²) >= 11 is 0. The number of non-ortho nitro benzene ring substituents is 1. The van der Waals surface area contributed by atoms with Crippen LogP contribution in [0, 0.1) is 17.0 Å². The van der Waals surface area contributed by atoms with Gasteiger partial charge in [-0.3, -0.25) is 14.9 Å². The molecular formula is C12H12N4O4. The SMILES string of the molecule is CNc1ccc([N+](=O)[O-])cc1C(=O)Nc1cc(C)on1. The Balaban J connectivity index is 2.32. The highest BCUT2D eigenvalue weighted by atomic mass is 16.6. The molecule has 0 unspecified atom stereocenters. The molecule has 0 aliphatic carbocycles. The molecule has 1 heterocycles. The molecule has 8 nitrogen and oxygen atoms in total. The first-order valence-electron chi connectivity index (χ1n) is 5.72. The van der Waals surface area contributed by atoms with Crippen molar-refractivity contribution >= 4 is 23.1 Å². The van der Waals surface area contributed by atoms with Crippen LogP contribution in [0.4, 0.5) is 17.2 Å². The van der Waals surface area contributed by atoms with E-state index in [1.807, 2.05) is 0 Å². The van der Waals surface area contributed by atoms with Crippen molar-refractivity contribution in [3.05, 3.63) is 45.7 Å². The number of carbonyl (C=O) groups excluding carboxylic acids is 1. The Kier molecular flexibility index (Phi) is 3.65. The van der Waals surface area contributed by atoms with Crippen LogP contribution in [0.15, 0.2) is 28.8 Å². The van der Waals surface area contributed by atoms with Gasteiger partial charge >= 0.3 is 0 Å². The number of hydrogen-bond acceptors (Lipinski definition) is 6. The van der Waals surface area contributed by atoms with Crippen LogP contribution in [0.25, 0.3) is 0 Å². The maximum atomic E-state index is 12.1. The highest BCUT2D eigenvalue weighted by molar-refractivity contribution is 6.08. The third-order valence-electron chi connectivity index (χ3n) is 2.60. The fourth-order valence-electron chi connectivity index (χ4n) is 1.66. The predicted octanol–water partition coefficient (Wildman–Crippen LogP) is 2.19. The van der Waals surface area contributed by atoms with Gasteiger partial charge < -0.3 is 15.2 Å². The minimum absolute atomic E-state index is 0.155. The van der Waals surface area contributed by atoms with Gasteiger partial charge in [0.2, 0.25) is 0 Å². The maximum Gasteiger partial charge on any atom is 0.270 e. The molecule has 0 aliphatic heterocycles. The molecular weight excluding hydrogens is 264 g/mol. The van der Waals surface area contributed by atoms with E-state index in [2.05, 4.69) is 15.8 Å². The Morgan fingerprint density at radius 1 is 1.40 bits per heavy atom. The molecule has 0 aliphatic rings. The number of anilines is 2. The second-order valence-electron chi connectivity index (χ2n) is 4.01. The van der Waals surface area contributed by atoms with Gasteiger partial charge in [-0.25, -0.2) is 0 Å². The summed E-state index contributed by atoms with van der Waals surface area (Å²) in [7, 11) is 1.62. The Morgan fingerprint density at radius 2 is 2.15 bits per heavy atom. The van der Waals surface area contributed by atoms with Crippen LogP contribution in [0.5, 0.6) is 0 Å². The van der Waals surface area contributed by atoms with Gasteiger partial charge in [-0.15, -0.1) is 0 Å². The summed E-state index contributed by atoms with van der Waals surface area (Å²) in [5.41, 5.74) is 0.473. The molecule has 0 fully saturated rings. The van der Waals surface area contributed by atoms with Gasteiger partial charge in [0.1, 0.15) is 5.76 Å². The monoisotopic (exact) mass is 276 g/mol. The standard InChI is InChI=1S/C12H12N4O4/c1-7-5-11(15-20-7)14-12(17)9-6-8(16(18)19)3-4-10(9)13-2/h3-6,13H,1-2H3,(H,14,15,17). The third-order valence-corrected chi connectivity index (χ3v) is 2.60. The van der Waals surface area contributed by atoms with Crippen molar-refractivity contribution < 1.29 is 14.2 Å². The highest BCUT2D eigenvalue weighted by Crippen LogP contribution is 2.23. The van der Waals surface area contributed by atoms with E-state index in [4.69, 9.17) is 4.52 Å². The van der Waals surface area contributed by atoms with E-state index in [0.29, 0.717) is 11.4 Å². The molecule has 104 valence electrons. The second kappa shape index (κ2) is 5.39. The molecule has 0 saturated carbocycles. The lowest BCUT2D eigenvalue weighted by atomic mass is 10.1. The molecule has 20 heavy (non-hydrogen) atoms. The Bertz CT molecular complexity index is 665. The minimum atomic E-state index is -0.559. The lowest BCUT2D eigenvalue weighted by Gasteiger charge is -2.08. The zero-order valence-corrected chi connectivity index (χ0v) is 10.8. The number of nitrogens with zero attached hydrogens (tertiary/aromatic N) is 2. The Hall–Kier alpha value is -2.90. The quantitative estimate of drug-likeness (QED) is 0.654. The number of nitrogens with one attached hydrogen (secondary N) is 2. The van der Waals surface area contributed by atoms with E-state index in [-0.39, 0.29) is 17.1 Å². The van der Waals surface area contributed by atoms with Crippen LogP contribution in [0.1, 0.15) is 16.1 Å². The van der Waals surface area contributed by atoms with Crippen LogP contribution in [0.3, 0.4) is 0 Å². The number of amides is 1. The predicted molar refractivity (Wildman–Crippen MR) is 71.8 cm³/mol. The van der Waals surface area contributed by atoms with Gasteiger partial charge in [-0.2, -0.15) is 0 Å². The largest absolute Gasteiger partial charge is 0.387 e. The van der Waals surface area contributed by atoms with Crippen molar-refractivity contribution in [2.75, 3.05) is 17.7 Å². The summed E-state index contributed by atoms with van der Waals surface area (Å²) in [6, 6.07) is 5.55. The maximum absolute atomic E-state index is 12.1. The lowest BCUT2D eigenvalue weighted by Crippen LogP contribution is -2.14. The fraction of sp³-hybridized carbons (Fsp3) is 0.167. The average Bonchev–Trinajstić information content (AvgIpc) is 2.83. The number of benzene rings is 1. The molecule has 1 aromatic carbocycles. The molecule has 2 rings (SSSR count). The molecule has 1 amide bonds. The molecule has 0 bridgehead atoms. The Labute approximate surface area is 113 Å². The lowest BCUT2D eigenvalue weighted by molar-refractivity contribution is -0.384. The number of nitro groups is 1. The zero-order valence-electron chi connectivity index (χ0n) is 10.8. The van der Waals surface area contributed by atoms with Crippen molar-refractivity contribution in [2.45, 2.75) is 6.92 Å². The number of aromatic nitrogens is 1. The van der Waals surface area contributed by atoms with Crippen LogP contribution >= 0.6 is 0 Å². The third kappa shape index (κ3) is 2.74. The van der Waals surface area contributed by atoms with E-state index in [1.165, 1.54) is 18.2 Å². The Morgan fingerprint density at radius 3 is 2.70 bits per heavy atom. The van der Waals surface area contributed by atoms with E-state index in [9.17, 15) is 14.9 Å². The summed E-state index contributed by atoms with van der Waals surface area (Å²) in [5, 5.41) is 19.7. The molecule has 0 saturated heterocycles. The van der Waals surface area contributed by atoms with Gasteiger partial charge in [-0.05, 0) is 13.0 Å². The molecule has 2 N–H and O–H groups in total. The molecule has 0 radical (unpaired) electrons. The summed E-state index contributed by atoms with van der Waals surface area (Å²) in [4.78, 5) is 22.3. The zero-order chi connectivity index (χ0) is 14.7. The number of carbonyl (C=O) groups is 1. The van der Waals surface area contributed by atoms with Crippen molar-refractivity contribution in [3.63, 3.8) is 0 Å². The van der Waals surface area contributed by atoms with Crippen LogP contribution in [-0.4, -0.2) is 23.0 Å². The average molecular weight is 276 g/mol. The summed E-state index contributed by atoms with van der Waals surface area (Å²) in [6.07, 6.45) is 0. The van der Waals surface area contributed by atoms with Gasteiger partial charge in [0.05, 0.1) is 10.5 Å². The second-order valence-corrected chi connectivity index (χ2v) is 4.01. The van der Waals surface area contributed by atoms with Crippen LogP contribution in [0.2, 0.25) is 0 Å². The first-order valence-corrected chi connectivity index (χ1v) is 5.72. The van der Waals surface area contributed by atoms with E-state index >= 15 is 0 Å². The van der Waals surface area contributed by atoms with E-state index in [0.717, 1.165) is 0 Å². The number of hydrogen-bond donors (Lipinski definition) is 2. The first kappa shape index (κ1) is 13.5. The number of aryl methyl sites for hydroxylation is 1. The summed E-state index contributed by atoms with van der Waals surface area (Å²) < 4.78 is 4.83. The summed E-state index contributed by atoms with van der Waals surface area (Å²) in [6.45, 7) is 1.69. The van der Waals surface area contributed by atoms with Gasteiger partial charge in [0, 0.05) is 30.9 Å². The van der Waals surface area contributed by atoms with Crippen molar-refractivity contribution in [1.82, 2.24) is 5.16 Å². The molecule has 0 spiro atoms. The van der Waals surface area contributed by atoms with Crippen LogP contribution < -0.4 is 10.6 Å². The van der Waals surface area contributed by atoms with E-state index in [1.54, 1.807) is 20.0 Å².